The summed E-state index contributed by atoms with van der Waals surface area (Å²) in [6, 6.07) is 32.0. The van der Waals surface area contributed by atoms with E-state index in [4.69, 9.17) is 9.84 Å². The molecule has 3 aromatic heterocycles. The van der Waals surface area contributed by atoms with Crippen molar-refractivity contribution in [2.24, 2.45) is 0 Å². The summed E-state index contributed by atoms with van der Waals surface area (Å²) >= 11 is 1.26. The van der Waals surface area contributed by atoms with E-state index < -0.39 is 0 Å². The van der Waals surface area contributed by atoms with Crippen molar-refractivity contribution < 1.29 is 9.13 Å². The van der Waals surface area contributed by atoms with Gasteiger partial charge in [0.2, 0.25) is 4.96 Å². The molecule has 220 valence electrons. The summed E-state index contributed by atoms with van der Waals surface area (Å²) < 4.78 is 22.9. The fourth-order valence-corrected chi connectivity index (χ4v) is 5.84. The van der Waals surface area contributed by atoms with Crippen LogP contribution in [0.5, 0.6) is 5.75 Å². The van der Waals surface area contributed by atoms with Crippen molar-refractivity contribution >= 4 is 34.5 Å². The fourth-order valence-electron chi connectivity index (χ4n) is 4.93. The molecule has 0 N–H and O–H groups in total. The summed E-state index contributed by atoms with van der Waals surface area (Å²) in [7, 11) is 0. The maximum atomic E-state index is 13.4. The van der Waals surface area contributed by atoms with Crippen LogP contribution in [0.1, 0.15) is 28.1 Å². The van der Waals surface area contributed by atoms with Gasteiger partial charge in [-0.25, -0.2) is 9.07 Å². The minimum Gasteiger partial charge on any atom is -0.489 e. The summed E-state index contributed by atoms with van der Waals surface area (Å²) in [6.45, 7) is 2.49. The van der Waals surface area contributed by atoms with Gasteiger partial charge >= 0.3 is 0 Å². The number of nitrogens with zero attached hydrogens (tertiary/aromatic N) is 5. The second-order valence-electron chi connectivity index (χ2n) is 10.4. The Morgan fingerprint density at radius 3 is 2.38 bits per heavy atom. The maximum absolute atomic E-state index is 13.4. The summed E-state index contributed by atoms with van der Waals surface area (Å²) in [5, 5.41) is 9.32. The minimum absolute atomic E-state index is 0.261. The van der Waals surface area contributed by atoms with Gasteiger partial charge in [0, 0.05) is 17.3 Å². The Kier molecular flexibility index (Phi) is 7.59. The normalized spacial score (nSPS) is 12.0. The molecule has 0 aliphatic carbocycles. The van der Waals surface area contributed by atoms with Crippen LogP contribution in [-0.4, -0.2) is 24.4 Å². The molecule has 0 spiro atoms. The highest BCUT2D eigenvalue weighted by molar-refractivity contribution is 7.15. The SMILES string of the molecule is Cc1cc(-c2nn(-c3ccccc3)cc2/C=c2\sc3nc(/C=C/c4ccc(F)cc4)nn3c2=O)ccc1OCc1ccccc1. The van der Waals surface area contributed by atoms with E-state index in [0.717, 1.165) is 44.9 Å². The molecule has 0 fully saturated rings. The Balaban J connectivity index is 1.23. The van der Waals surface area contributed by atoms with Gasteiger partial charge in [-0.2, -0.15) is 14.6 Å². The number of aryl methyl sites for hydroxylation is 1. The summed E-state index contributed by atoms with van der Waals surface area (Å²) in [5.41, 5.74) is 5.95. The molecule has 0 atom stereocenters. The number of hydrogen-bond acceptors (Lipinski definition) is 6. The predicted octanol–water partition coefficient (Wildman–Crippen LogP) is 6.75. The van der Waals surface area contributed by atoms with Crippen LogP contribution in [0, 0.1) is 12.7 Å². The molecule has 7 aromatic rings. The van der Waals surface area contributed by atoms with Crippen molar-refractivity contribution in [2.75, 3.05) is 0 Å². The zero-order valence-electron chi connectivity index (χ0n) is 24.2. The number of fused-ring (bicyclic) bond motifs is 1. The van der Waals surface area contributed by atoms with Crippen LogP contribution in [0.15, 0.2) is 114 Å². The second-order valence-corrected chi connectivity index (χ2v) is 11.4. The molecule has 0 unspecified atom stereocenters. The average molecular weight is 612 g/mol. The van der Waals surface area contributed by atoms with E-state index in [1.807, 2.05) is 96.7 Å². The predicted molar refractivity (Wildman–Crippen MR) is 176 cm³/mol. The molecule has 0 bridgehead atoms. The van der Waals surface area contributed by atoms with Gasteiger partial charge < -0.3 is 4.74 Å². The molecular formula is C36H26FN5O2S. The summed E-state index contributed by atoms with van der Waals surface area (Å²) in [6.07, 6.45) is 7.24. The van der Waals surface area contributed by atoms with Crippen LogP contribution < -0.4 is 14.8 Å². The molecule has 0 aliphatic heterocycles. The molecule has 4 aromatic carbocycles. The molecule has 0 saturated heterocycles. The fraction of sp³-hybridized carbons (Fsp3) is 0.0556. The molecule has 0 radical (unpaired) electrons. The van der Waals surface area contributed by atoms with Gasteiger partial charge in [0.05, 0.1) is 10.2 Å². The van der Waals surface area contributed by atoms with Gasteiger partial charge in [0.15, 0.2) is 5.82 Å². The largest absolute Gasteiger partial charge is 0.489 e. The molecule has 7 nitrogen and oxygen atoms in total. The number of thiazole rings is 1. The molecule has 9 heteroatoms. The standard InChI is InChI=1S/C36H26FN5O2S/c1-24-20-27(15-18-31(24)44-23-26-8-4-2-5-9-26)34-28(22-41(40-34)30-10-6-3-7-11-30)21-32-35(43)42-36(45-32)38-33(39-42)19-14-25-12-16-29(37)17-13-25/h2-22H,23H2,1H3/b19-14+,32-21-. The monoisotopic (exact) mass is 611 g/mol. The second kappa shape index (κ2) is 12.1. The van der Waals surface area contributed by atoms with E-state index in [1.54, 1.807) is 24.3 Å². The van der Waals surface area contributed by atoms with E-state index >= 15 is 0 Å². The van der Waals surface area contributed by atoms with E-state index in [1.165, 1.54) is 28.0 Å². The topological polar surface area (TPSA) is 74.3 Å². The maximum Gasteiger partial charge on any atom is 0.291 e. The van der Waals surface area contributed by atoms with Gasteiger partial charge in [-0.05, 0) is 78.2 Å². The highest BCUT2D eigenvalue weighted by Crippen LogP contribution is 2.29. The van der Waals surface area contributed by atoms with Crippen LogP contribution in [0.25, 0.3) is 40.1 Å². The Hall–Kier alpha value is -5.67. The van der Waals surface area contributed by atoms with E-state index in [-0.39, 0.29) is 11.4 Å². The number of rotatable bonds is 8. The highest BCUT2D eigenvalue weighted by atomic mass is 32.1. The third kappa shape index (κ3) is 6.07. The lowest BCUT2D eigenvalue weighted by molar-refractivity contribution is 0.304. The quantitative estimate of drug-likeness (QED) is 0.190. The lowest BCUT2D eigenvalue weighted by Gasteiger charge is -2.10. The number of benzene rings is 4. The Bertz CT molecular complexity index is 2260. The lowest BCUT2D eigenvalue weighted by atomic mass is 10.0. The number of hydrogen-bond donors (Lipinski definition) is 0. The van der Waals surface area contributed by atoms with E-state index in [2.05, 4.69) is 16.1 Å². The van der Waals surface area contributed by atoms with Gasteiger partial charge in [-0.15, -0.1) is 5.10 Å². The smallest absolute Gasteiger partial charge is 0.291 e. The van der Waals surface area contributed by atoms with Crippen molar-refractivity contribution in [1.29, 1.82) is 0 Å². The number of ether oxygens (including phenoxy) is 1. The third-order valence-corrected chi connectivity index (χ3v) is 8.19. The Labute approximate surface area is 261 Å². The molecule has 0 saturated carbocycles. The molecule has 0 amide bonds. The van der Waals surface area contributed by atoms with Crippen LogP contribution in [-0.2, 0) is 6.61 Å². The van der Waals surface area contributed by atoms with E-state index in [0.29, 0.717) is 21.9 Å². The van der Waals surface area contributed by atoms with E-state index in [9.17, 15) is 9.18 Å². The average Bonchev–Trinajstić information content (AvgIpc) is 3.75. The number of aromatic nitrogens is 5. The zero-order valence-corrected chi connectivity index (χ0v) is 25.0. The van der Waals surface area contributed by atoms with Crippen molar-refractivity contribution in [3.63, 3.8) is 0 Å². The van der Waals surface area contributed by atoms with Gasteiger partial charge in [-0.1, -0.05) is 78.1 Å². The highest BCUT2D eigenvalue weighted by Gasteiger charge is 2.15. The van der Waals surface area contributed by atoms with Crippen LogP contribution >= 0.6 is 11.3 Å². The van der Waals surface area contributed by atoms with Crippen molar-refractivity contribution in [1.82, 2.24) is 24.4 Å². The first-order chi connectivity index (χ1) is 22.0. The summed E-state index contributed by atoms with van der Waals surface area (Å²) in [4.78, 5) is 18.4. The Morgan fingerprint density at radius 1 is 0.889 bits per heavy atom. The van der Waals surface area contributed by atoms with Crippen molar-refractivity contribution in [3.8, 4) is 22.7 Å². The number of halogens is 1. The first-order valence-electron chi connectivity index (χ1n) is 14.3. The Morgan fingerprint density at radius 2 is 1.64 bits per heavy atom. The zero-order chi connectivity index (χ0) is 30.8. The molecule has 0 aliphatic rings. The lowest BCUT2D eigenvalue weighted by Crippen LogP contribution is -2.23. The molecule has 7 rings (SSSR count). The molecule has 45 heavy (non-hydrogen) atoms. The van der Waals surface area contributed by atoms with Crippen molar-refractivity contribution in [3.05, 3.63) is 158 Å². The molecule has 3 heterocycles. The minimum atomic E-state index is -0.301. The van der Waals surface area contributed by atoms with Crippen LogP contribution in [0.4, 0.5) is 4.39 Å². The molecular weight excluding hydrogens is 585 g/mol. The van der Waals surface area contributed by atoms with Crippen LogP contribution in [0.3, 0.4) is 0 Å². The third-order valence-electron chi connectivity index (χ3n) is 7.23. The van der Waals surface area contributed by atoms with Gasteiger partial charge in [0.1, 0.15) is 23.9 Å². The summed E-state index contributed by atoms with van der Waals surface area (Å²) in [5.74, 6) is 0.897. The van der Waals surface area contributed by atoms with Crippen LogP contribution in [0.2, 0.25) is 0 Å². The van der Waals surface area contributed by atoms with Gasteiger partial charge in [-0.3, -0.25) is 4.79 Å². The first kappa shape index (κ1) is 28.1. The van der Waals surface area contributed by atoms with Gasteiger partial charge in [0.25, 0.3) is 5.56 Å². The number of para-hydroxylation sites is 1. The van der Waals surface area contributed by atoms with Crippen molar-refractivity contribution in [2.45, 2.75) is 13.5 Å². The first-order valence-corrected chi connectivity index (χ1v) is 15.1.